The Balaban J connectivity index is 2.16. The Kier molecular flexibility index (Phi) is 5.76. The van der Waals surface area contributed by atoms with E-state index in [9.17, 15) is 18.0 Å². The van der Waals surface area contributed by atoms with Crippen LogP contribution in [-0.2, 0) is 19.6 Å². The van der Waals surface area contributed by atoms with Crippen LogP contribution in [0, 0.1) is 0 Å². The summed E-state index contributed by atoms with van der Waals surface area (Å²) in [7, 11) is -1.06. The third-order valence-corrected chi connectivity index (χ3v) is 5.32. The van der Waals surface area contributed by atoms with Gasteiger partial charge in [0.1, 0.15) is 6.54 Å². The molecule has 0 atom stereocenters. The lowest BCUT2D eigenvalue weighted by atomic mass is 10.2. The quantitative estimate of drug-likeness (QED) is 0.785. The van der Waals surface area contributed by atoms with Crippen molar-refractivity contribution in [1.29, 1.82) is 0 Å². The zero-order valence-corrected chi connectivity index (χ0v) is 14.6. The summed E-state index contributed by atoms with van der Waals surface area (Å²) in [5.74, 6) is -1.07. The molecule has 1 amide bonds. The smallest absolute Gasteiger partial charge is 0.325 e. The molecule has 7 nitrogen and oxygen atoms in total. The Morgan fingerprint density at radius 2 is 1.64 bits per heavy atom. The number of anilines is 1. The second-order valence-corrected chi connectivity index (χ2v) is 7.06. The maximum absolute atomic E-state index is 12.6. The lowest BCUT2D eigenvalue weighted by Gasteiger charge is -2.19. The van der Waals surface area contributed by atoms with Crippen LogP contribution in [0.5, 0.6) is 0 Å². The van der Waals surface area contributed by atoms with Crippen LogP contribution in [0.15, 0.2) is 59.5 Å². The van der Waals surface area contributed by atoms with Crippen LogP contribution >= 0.6 is 0 Å². The maximum atomic E-state index is 12.6. The molecule has 0 heterocycles. The van der Waals surface area contributed by atoms with E-state index in [2.05, 4.69) is 10.1 Å². The maximum Gasteiger partial charge on any atom is 0.325 e. The summed E-state index contributed by atoms with van der Waals surface area (Å²) >= 11 is 0. The van der Waals surface area contributed by atoms with Crippen LogP contribution < -0.4 is 9.62 Å². The molecule has 0 bridgehead atoms. The molecular formula is C17H18N2O5S. The Bertz CT molecular complexity index is 848. The number of benzene rings is 2. The van der Waals surface area contributed by atoms with Gasteiger partial charge in [-0.25, -0.2) is 8.42 Å². The van der Waals surface area contributed by atoms with Gasteiger partial charge in [0.05, 0.1) is 17.7 Å². The fourth-order valence-corrected chi connectivity index (χ4v) is 3.24. The molecule has 0 aliphatic carbocycles. The number of sulfonamides is 1. The van der Waals surface area contributed by atoms with Crippen molar-refractivity contribution in [3.63, 3.8) is 0 Å². The average molecular weight is 362 g/mol. The molecule has 25 heavy (non-hydrogen) atoms. The number of esters is 1. The zero-order chi connectivity index (χ0) is 18.4. The standard InChI is InChI=1S/C17H18N2O5S/c1-19(14-6-4-3-5-7-14)25(22,23)15-10-8-13(9-11-15)17(21)18-12-16(20)24-2/h3-11H,12H2,1-2H3,(H,18,21). The number of para-hydroxylation sites is 1. The van der Waals surface area contributed by atoms with Gasteiger partial charge in [0.2, 0.25) is 0 Å². The van der Waals surface area contributed by atoms with E-state index in [1.807, 2.05) is 0 Å². The monoisotopic (exact) mass is 362 g/mol. The third kappa shape index (κ3) is 4.36. The number of carbonyl (C=O) groups excluding carboxylic acids is 2. The van der Waals surface area contributed by atoms with E-state index in [0.717, 1.165) is 0 Å². The topological polar surface area (TPSA) is 92.8 Å². The van der Waals surface area contributed by atoms with Gasteiger partial charge in [-0.05, 0) is 36.4 Å². The van der Waals surface area contributed by atoms with Crippen molar-refractivity contribution >= 4 is 27.6 Å². The summed E-state index contributed by atoms with van der Waals surface area (Å²) in [5.41, 5.74) is 0.771. The number of carbonyl (C=O) groups is 2. The highest BCUT2D eigenvalue weighted by atomic mass is 32.2. The second-order valence-electron chi connectivity index (χ2n) is 5.09. The Morgan fingerprint density at radius 1 is 1.04 bits per heavy atom. The molecule has 0 saturated carbocycles. The van der Waals surface area contributed by atoms with Gasteiger partial charge in [0, 0.05) is 12.6 Å². The lowest BCUT2D eigenvalue weighted by molar-refractivity contribution is -0.139. The largest absolute Gasteiger partial charge is 0.468 e. The third-order valence-electron chi connectivity index (χ3n) is 3.52. The summed E-state index contributed by atoms with van der Waals surface area (Å²) in [5, 5.41) is 2.38. The number of hydrogen-bond donors (Lipinski definition) is 1. The normalized spacial score (nSPS) is 10.8. The Labute approximate surface area is 146 Å². The highest BCUT2D eigenvalue weighted by Gasteiger charge is 2.21. The number of nitrogens with one attached hydrogen (secondary N) is 1. The number of amides is 1. The van der Waals surface area contributed by atoms with Gasteiger partial charge in [-0.1, -0.05) is 18.2 Å². The van der Waals surface area contributed by atoms with Crippen molar-refractivity contribution in [2.24, 2.45) is 0 Å². The molecule has 132 valence electrons. The first-order valence-corrected chi connectivity index (χ1v) is 8.79. The molecule has 0 saturated heterocycles. The van der Waals surface area contributed by atoms with Crippen molar-refractivity contribution < 1.29 is 22.7 Å². The number of hydrogen-bond acceptors (Lipinski definition) is 5. The van der Waals surface area contributed by atoms with Crippen LogP contribution in [0.2, 0.25) is 0 Å². The SMILES string of the molecule is COC(=O)CNC(=O)c1ccc(S(=O)(=O)N(C)c2ccccc2)cc1. The zero-order valence-electron chi connectivity index (χ0n) is 13.8. The molecule has 1 N–H and O–H groups in total. The predicted molar refractivity (Wildman–Crippen MR) is 92.8 cm³/mol. The van der Waals surface area contributed by atoms with Crippen LogP contribution in [-0.4, -0.2) is 41.0 Å². The van der Waals surface area contributed by atoms with E-state index in [4.69, 9.17) is 0 Å². The van der Waals surface area contributed by atoms with Crippen molar-refractivity contribution in [1.82, 2.24) is 5.32 Å². The van der Waals surface area contributed by atoms with Crippen LogP contribution in [0.25, 0.3) is 0 Å². The summed E-state index contributed by atoms with van der Waals surface area (Å²) in [4.78, 5) is 23.0. The molecule has 0 unspecified atom stereocenters. The van der Waals surface area contributed by atoms with E-state index in [-0.39, 0.29) is 17.0 Å². The predicted octanol–water partition coefficient (Wildman–Crippen LogP) is 1.41. The fraction of sp³-hybridized carbons (Fsp3) is 0.176. The molecule has 2 aromatic carbocycles. The first-order chi connectivity index (χ1) is 11.9. The minimum absolute atomic E-state index is 0.0587. The summed E-state index contributed by atoms with van der Waals surface area (Å²) in [6.45, 7) is -0.258. The van der Waals surface area contributed by atoms with Crippen LogP contribution in [0.1, 0.15) is 10.4 Å². The molecular weight excluding hydrogens is 344 g/mol. The van der Waals surface area contributed by atoms with E-state index in [0.29, 0.717) is 5.69 Å². The van der Waals surface area contributed by atoms with E-state index >= 15 is 0 Å². The van der Waals surface area contributed by atoms with Crippen molar-refractivity contribution in [3.8, 4) is 0 Å². The molecule has 0 radical (unpaired) electrons. The van der Waals surface area contributed by atoms with E-state index in [1.165, 1.54) is 42.7 Å². The van der Waals surface area contributed by atoms with Gasteiger partial charge in [-0.3, -0.25) is 13.9 Å². The van der Waals surface area contributed by atoms with Crippen LogP contribution in [0.3, 0.4) is 0 Å². The molecule has 8 heteroatoms. The van der Waals surface area contributed by atoms with Crippen molar-refractivity contribution in [3.05, 3.63) is 60.2 Å². The molecule has 0 spiro atoms. The summed E-state index contributed by atoms with van der Waals surface area (Å²) in [6, 6.07) is 14.1. The molecule has 0 aromatic heterocycles. The average Bonchev–Trinajstić information content (AvgIpc) is 2.65. The minimum atomic E-state index is -3.74. The van der Waals surface area contributed by atoms with Gasteiger partial charge in [-0.2, -0.15) is 0 Å². The number of nitrogens with zero attached hydrogens (tertiary/aromatic N) is 1. The first kappa shape index (κ1) is 18.5. The van der Waals surface area contributed by atoms with Crippen molar-refractivity contribution in [2.45, 2.75) is 4.90 Å². The number of rotatable bonds is 6. The van der Waals surface area contributed by atoms with Gasteiger partial charge in [0.25, 0.3) is 15.9 Å². The van der Waals surface area contributed by atoms with Gasteiger partial charge in [-0.15, -0.1) is 0 Å². The number of methoxy groups -OCH3 is 1. The van der Waals surface area contributed by atoms with Gasteiger partial charge < -0.3 is 10.1 Å². The minimum Gasteiger partial charge on any atom is -0.468 e. The molecule has 0 aliphatic heterocycles. The first-order valence-electron chi connectivity index (χ1n) is 7.35. The Hall–Kier alpha value is -2.87. The molecule has 0 fully saturated rings. The highest BCUT2D eigenvalue weighted by Crippen LogP contribution is 2.21. The van der Waals surface area contributed by atoms with Crippen LogP contribution in [0.4, 0.5) is 5.69 Å². The molecule has 2 rings (SSSR count). The fourth-order valence-electron chi connectivity index (χ4n) is 2.04. The number of ether oxygens (including phenoxy) is 1. The molecule has 0 aliphatic rings. The summed E-state index contributed by atoms with van der Waals surface area (Å²) < 4.78 is 30.9. The highest BCUT2D eigenvalue weighted by molar-refractivity contribution is 7.92. The Morgan fingerprint density at radius 3 is 2.20 bits per heavy atom. The van der Waals surface area contributed by atoms with E-state index < -0.39 is 21.9 Å². The van der Waals surface area contributed by atoms with Gasteiger partial charge in [0.15, 0.2) is 0 Å². The summed E-state index contributed by atoms with van der Waals surface area (Å²) in [6.07, 6.45) is 0. The van der Waals surface area contributed by atoms with Gasteiger partial charge >= 0.3 is 5.97 Å². The second kappa shape index (κ2) is 7.80. The molecule has 2 aromatic rings. The van der Waals surface area contributed by atoms with E-state index in [1.54, 1.807) is 30.3 Å². The van der Waals surface area contributed by atoms with Crippen molar-refractivity contribution in [2.75, 3.05) is 25.0 Å². The lowest BCUT2D eigenvalue weighted by Crippen LogP contribution is -2.30.